The van der Waals surface area contributed by atoms with Crippen molar-refractivity contribution in [3.05, 3.63) is 12.3 Å². The summed E-state index contributed by atoms with van der Waals surface area (Å²) in [5, 5.41) is 4.08. The lowest BCUT2D eigenvalue weighted by Gasteiger charge is -2.32. The predicted molar refractivity (Wildman–Crippen MR) is 57.2 cm³/mol. The molecule has 0 radical (unpaired) electrons. The van der Waals surface area contributed by atoms with Gasteiger partial charge >= 0.3 is 0 Å². The molecule has 0 atom stereocenters. The van der Waals surface area contributed by atoms with E-state index in [-0.39, 0.29) is 5.03 Å². The lowest BCUT2D eigenvalue weighted by molar-refractivity contribution is 0.177. The summed E-state index contributed by atoms with van der Waals surface area (Å²) in [5.74, 6) is 1.29. The van der Waals surface area contributed by atoms with Gasteiger partial charge < -0.3 is 0 Å². The van der Waals surface area contributed by atoms with Crippen molar-refractivity contribution in [2.45, 2.75) is 31.3 Å². The summed E-state index contributed by atoms with van der Waals surface area (Å²) >= 11 is 0. The third-order valence-electron chi connectivity index (χ3n) is 2.83. The number of rotatable bonds is 3. The zero-order valence-electron chi connectivity index (χ0n) is 8.43. The number of hydrogen-bond acceptors (Lipinski definition) is 3. The van der Waals surface area contributed by atoms with E-state index >= 15 is 0 Å². The van der Waals surface area contributed by atoms with Crippen LogP contribution in [0.1, 0.15) is 19.8 Å². The summed E-state index contributed by atoms with van der Waals surface area (Å²) in [5.41, 5.74) is 0. The summed E-state index contributed by atoms with van der Waals surface area (Å²) in [6, 6.07) is 1.43. The molecule has 0 bridgehead atoms. The molecule has 0 saturated heterocycles. The van der Waals surface area contributed by atoms with Crippen LogP contribution in [0.15, 0.2) is 17.3 Å². The maximum absolute atomic E-state index is 11.2. The van der Waals surface area contributed by atoms with Gasteiger partial charge in [-0.3, -0.25) is 4.68 Å². The van der Waals surface area contributed by atoms with Crippen LogP contribution in [0.5, 0.6) is 0 Å². The molecule has 0 amide bonds. The SMILES string of the molecule is CC1CC(Cn2nccc2S(=O)(=O)Cl)C1. The molecule has 1 fully saturated rings. The van der Waals surface area contributed by atoms with E-state index in [1.54, 1.807) is 0 Å². The molecular weight excluding hydrogens is 236 g/mol. The van der Waals surface area contributed by atoms with Crippen molar-refractivity contribution in [3.8, 4) is 0 Å². The van der Waals surface area contributed by atoms with Crippen LogP contribution in [0.3, 0.4) is 0 Å². The second-order valence-corrected chi connectivity index (χ2v) is 6.74. The summed E-state index contributed by atoms with van der Waals surface area (Å²) in [4.78, 5) is 0. The van der Waals surface area contributed by atoms with Gasteiger partial charge in [-0.1, -0.05) is 6.92 Å². The molecule has 0 unspecified atom stereocenters. The van der Waals surface area contributed by atoms with Crippen molar-refractivity contribution in [2.75, 3.05) is 0 Å². The summed E-state index contributed by atoms with van der Waals surface area (Å²) in [6.45, 7) is 2.84. The molecular formula is C9H13ClN2O2S. The molecule has 0 spiro atoms. The van der Waals surface area contributed by atoms with E-state index < -0.39 is 9.05 Å². The normalized spacial score (nSPS) is 26.3. The van der Waals surface area contributed by atoms with Gasteiger partial charge in [0.05, 0.1) is 6.20 Å². The number of halogens is 1. The van der Waals surface area contributed by atoms with Gasteiger partial charge in [0.2, 0.25) is 0 Å². The van der Waals surface area contributed by atoms with E-state index in [4.69, 9.17) is 10.7 Å². The molecule has 0 N–H and O–H groups in total. The van der Waals surface area contributed by atoms with Gasteiger partial charge in [-0.15, -0.1) is 0 Å². The standard InChI is InChI=1S/C9H13ClN2O2S/c1-7-4-8(5-7)6-12-9(2-3-11-12)15(10,13)14/h2-3,7-8H,4-6H2,1H3. The Bertz CT molecular complexity index is 448. The van der Waals surface area contributed by atoms with Crippen molar-refractivity contribution in [1.29, 1.82) is 0 Å². The Morgan fingerprint density at radius 3 is 2.80 bits per heavy atom. The van der Waals surface area contributed by atoms with Gasteiger partial charge in [0.25, 0.3) is 9.05 Å². The topological polar surface area (TPSA) is 52.0 Å². The van der Waals surface area contributed by atoms with E-state index in [1.165, 1.54) is 16.9 Å². The molecule has 6 heteroatoms. The first-order valence-corrected chi connectivity index (χ1v) is 7.24. The van der Waals surface area contributed by atoms with E-state index in [2.05, 4.69) is 12.0 Å². The van der Waals surface area contributed by atoms with Gasteiger partial charge in [0, 0.05) is 17.2 Å². The first kappa shape index (κ1) is 11.0. The van der Waals surface area contributed by atoms with Crippen LogP contribution in [-0.4, -0.2) is 18.2 Å². The van der Waals surface area contributed by atoms with Gasteiger partial charge in [-0.05, 0) is 30.7 Å². The third-order valence-corrected chi connectivity index (χ3v) is 4.15. The highest BCUT2D eigenvalue weighted by Gasteiger charge is 2.27. The van der Waals surface area contributed by atoms with Gasteiger partial charge in [0.1, 0.15) is 0 Å². The average Bonchev–Trinajstić information content (AvgIpc) is 2.48. The van der Waals surface area contributed by atoms with Crippen LogP contribution in [0.2, 0.25) is 0 Å². The molecule has 1 aromatic heterocycles. The van der Waals surface area contributed by atoms with Crippen molar-refractivity contribution in [3.63, 3.8) is 0 Å². The van der Waals surface area contributed by atoms with Crippen LogP contribution in [-0.2, 0) is 15.6 Å². The molecule has 1 aliphatic rings. The van der Waals surface area contributed by atoms with Crippen molar-refractivity contribution in [1.82, 2.24) is 9.78 Å². The fourth-order valence-electron chi connectivity index (χ4n) is 2.13. The highest BCUT2D eigenvalue weighted by atomic mass is 35.7. The third kappa shape index (κ3) is 2.34. The molecule has 4 nitrogen and oxygen atoms in total. The van der Waals surface area contributed by atoms with Crippen LogP contribution in [0, 0.1) is 11.8 Å². The van der Waals surface area contributed by atoms with E-state index in [9.17, 15) is 8.42 Å². The Balaban J connectivity index is 2.12. The smallest absolute Gasteiger partial charge is 0.253 e. The highest BCUT2D eigenvalue weighted by Crippen LogP contribution is 2.34. The zero-order chi connectivity index (χ0) is 11.1. The Hall–Kier alpha value is -0.550. The van der Waals surface area contributed by atoms with Crippen LogP contribution in [0.4, 0.5) is 0 Å². The van der Waals surface area contributed by atoms with Gasteiger partial charge in [-0.25, -0.2) is 8.42 Å². The highest BCUT2D eigenvalue weighted by molar-refractivity contribution is 8.13. The largest absolute Gasteiger partial charge is 0.278 e. The zero-order valence-corrected chi connectivity index (χ0v) is 10.0. The minimum Gasteiger partial charge on any atom is -0.253 e. The van der Waals surface area contributed by atoms with Crippen LogP contribution in [0.25, 0.3) is 0 Å². The number of hydrogen-bond donors (Lipinski definition) is 0. The molecule has 0 aliphatic heterocycles. The Morgan fingerprint density at radius 1 is 1.60 bits per heavy atom. The fraction of sp³-hybridized carbons (Fsp3) is 0.667. The molecule has 15 heavy (non-hydrogen) atoms. The first-order valence-electron chi connectivity index (χ1n) is 4.93. The molecule has 1 heterocycles. The Kier molecular flexibility index (Phi) is 2.77. The molecule has 1 aliphatic carbocycles. The van der Waals surface area contributed by atoms with Crippen LogP contribution < -0.4 is 0 Å². The maximum Gasteiger partial charge on any atom is 0.278 e. The number of nitrogens with zero attached hydrogens (tertiary/aromatic N) is 2. The van der Waals surface area contributed by atoms with Crippen molar-refractivity contribution in [2.24, 2.45) is 11.8 Å². The molecule has 0 aromatic carbocycles. The predicted octanol–water partition coefficient (Wildman–Crippen LogP) is 1.86. The van der Waals surface area contributed by atoms with Crippen molar-refractivity contribution >= 4 is 19.7 Å². The summed E-state index contributed by atoms with van der Waals surface area (Å²) < 4.78 is 23.8. The summed E-state index contributed by atoms with van der Waals surface area (Å²) in [7, 11) is 1.63. The minimum atomic E-state index is -3.66. The van der Waals surface area contributed by atoms with Gasteiger partial charge in [0.15, 0.2) is 5.03 Å². The quantitative estimate of drug-likeness (QED) is 0.768. The summed E-state index contributed by atoms with van der Waals surface area (Å²) in [6.07, 6.45) is 3.75. The molecule has 2 rings (SSSR count). The van der Waals surface area contributed by atoms with E-state index in [0.717, 1.165) is 18.8 Å². The first-order chi connectivity index (χ1) is 6.97. The molecule has 1 saturated carbocycles. The minimum absolute atomic E-state index is 0.101. The monoisotopic (exact) mass is 248 g/mol. The van der Waals surface area contributed by atoms with E-state index in [0.29, 0.717) is 12.5 Å². The Labute approximate surface area is 93.7 Å². The van der Waals surface area contributed by atoms with Gasteiger partial charge in [-0.2, -0.15) is 5.10 Å². The second kappa shape index (κ2) is 3.79. The number of aromatic nitrogens is 2. The van der Waals surface area contributed by atoms with E-state index in [1.807, 2.05) is 0 Å². The lowest BCUT2D eigenvalue weighted by Crippen LogP contribution is -2.26. The lowest BCUT2D eigenvalue weighted by atomic mass is 9.76. The van der Waals surface area contributed by atoms with Crippen molar-refractivity contribution < 1.29 is 8.42 Å². The fourth-order valence-corrected chi connectivity index (χ4v) is 3.12. The Morgan fingerprint density at radius 2 is 2.27 bits per heavy atom. The second-order valence-electron chi connectivity index (χ2n) is 4.23. The molecule has 84 valence electrons. The molecule has 1 aromatic rings. The maximum atomic E-state index is 11.2. The average molecular weight is 249 g/mol. The van der Waals surface area contributed by atoms with Crippen LogP contribution >= 0.6 is 10.7 Å².